The molecule has 0 saturated carbocycles. The molecule has 1 aromatic carbocycles. The van der Waals surface area contributed by atoms with Gasteiger partial charge in [-0.3, -0.25) is 9.67 Å². The van der Waals surface area contributed by atoms with Crippen molar-refractivity contribution < 1.29 is 4.74 Å². The van der Waals surface area contributed by atoms with E-state index in [1.807, 2.05) is 50.6 Å². The van der Waals surface area contributed by atoms with E-state index in [4.69, 9.17) is 4.74 Å². The number of benzene rings is 1. The molecule has 1 heterocycles. The van der Waals surface area contributed by atoms with Crippen LogP contribution in [0.2, 0.25) is 0 Å². The summed E-state index contributed by atoms with van der Waals surface area (Å²) >= 11 is 0. The van der Waals surface area contributed by atoms with Gasteiger partial charge in [-0.25, -0.2) is 0 Å². The monoisotopic (exact) mass is 429 g/mol. The van der Waals surface area contributed by atoms with Crippen molar-refractivity contribution >= 4 is 29.9 Å². The molecule has 0 aliphatic rings. The van der Waals surface area contributed by atoms with Crippen molar-refractivity contribution in [2.24, 2.45) is 12.0 Å². The quantitative estimate of drug-likeness (QED) is 0.420. The lowest BCUT2D eigenvalue weighted by atomic mass is 10.2. The number of ether oxygens (including phenoxy) is 1. The van der Waals surface area contributed by atoms with Crippen LogP contribution in [0, 0.1) is 0 Å². The Hall–Kier alpha value is -1.77. The molecule has 0 aliphatic carbocycles. The molecule has 0 atom stereocenters. The van der Waals surface area contributed by atoms with Crippen molar-refractivity contribution in [3.63, 3.8) is 0 Å². The fourth-order valence-electron chi connectivity index (χ4n) is 2.09. The second-order valence-electron chi connectivity index (χ2n) is 4.84. The molecule has 2 rings (SSSR count). The minimum Gasteiger partial charge on any atom is -0.494 e. The Morgan fingerprint density at radius 3 is 2.65 bits per heavy atom. The van der Waals surface area contributed by atoms with Crippen LogP contribution in [0.15, 0.2) is 41.7 Å². The number of aromatic nitrogens is 2. The summed E-state index contributed by atoms with van der Waals surface area (Å²) in [5, 5.41) is 10.7. The fourth-order valence-corrected chi connectivity index (χ4v) is 2.09. The summed E-state index contributed by atoms with van der Waals surface area (Å²) in [6, 6.07) is 8.01. The van der Waals surface area contributed by atoms with Crippen LogP contribution in [0.5, 0.6) is 5.75 Å². The van der Waals surface area contributed by atoms with Gasteiger partial charge in [0.1, 0.15) is 5.75 Å². The maximum atomic E-state index is 5.62. The number of rotatable bonds is 6. The van der Waals surface area contributed by atoms with Gasteiger partial charge in [-0.2, -0.15) is 5.10 Å². The zero-order chi connectivity index (χ0) is 15.8. The molecular weight excluding hydrogens is 405 g/mol. The number of aryl methyl sites for hydroxylation is 1. The Labute approximate surface area is 154 Å². The molecule has 0 bridgehead atoms. The Bertz CT molecular complexity index is 626. The van der Waals surface area contributed by atoms with Gasteiger partial charge >= 0.3 is 0 Å². The van der Waals surface area contributed by atoms with E-state index in [1.165, 1.54) is 0 Å². The van der Waals surface area contributed by atoms with Gasteiger partial charge in [0.2, 0.25) is 0 Å². The maximum absolute atomic E-state index is 5.62. The van der Waals surface area contributed by atoms with Gasteiger partial charge in [0.05, 0.1) is 12.8 Å². The number of aliphatic imine (C=N–C) groups is 1. The standard InChI is InChI=1S/C16H23N5O.HI/c1-4-22-15-8-6-5-7-14(15)11-19-16(17-2)18-9-13-10-20-21(3)12-13;/h5-8,10,12H,4,9,11H2,1-3H3,(H2,17,18,19);1H. The average Bonchev–Trinajstić information content (AvgIpc) is 2.95. The molecule has 0 amide bonds. The molecule has 0 saturated heterocycles. The molecule has 0 aliphatic heterocycles. The zero-order valence-electron chi connectivity index (χ0n) is 13.7. The lowest BCUT2D eigenvalue weighted by Gasteiger charge is -2.14. The van der Waals surface area contributed by atoms with Gasteiger partial charge in [0.25, 0.3) is 0 Å². The van der Waals surface area contributed by atoms with Crippen LogP contribution in [0.1, 0.15) is 18.1 Å². The van der Waals surface area contributed by atoms with Crippen molar-refractivity contribution in [3.05, 3.63) is 47.8 Å². The Balaban J connectivity index is 0.00000264. The van der Waals surface area contributed by atoms with Crippen molar-refractivity contribution in [1.82, 2.24) is 20.4 Å². The molecule has 1 aromatic heterocycles. The minimum absolute atomic E-state index is 0. The first-order valence-electron chi connectivity index (χ1n) is 7.35. The Morgan fingerprint density at radius 1 is 1.26 bits per heavy atom. The molecular formula is C16H24IN5O. The Morgan fingerprint density at radius 2 is 2.00 bits per heavy atom. The molecule has 0 unspecified atom stereocenters. The highest BCUT2D eigenvalue weighted by Crippen LogP contribution is 2.17. The maximum Gasteiger partial charge on any atom is 0.191 e. The number of hydrogen-bond acceptors (Lipinski definition) is 3. The zero-order valence-corrected chi connectivity index (χ0v) is 16.1. The molecule has 2 N–H and O–H groups in total. The smallest absolute Gasteiger partial charge is 0.191 e. The summed E-state index contributed by atoms with van der Waals surface area (Å²) in [6.07, 6.45) is 3.81. The van der Waals surface area contributed by atoms with E-state index in [0.29, 0.717) is 19.7 Å². The summed E-state index contributed by atoms with van der Waals surface area (Å²) in [5.74, 6) is 1.65. The van der Waals surface area contributed by atoms with E-state index in [0.717, 1.165) is 22.8 Å². The van der Waals surface area contributed by atoms with E-state index in [2.05, 4.69) is 20.7 Å². The molecule has 7 heteroatoms. The number of para-hydroxylation sites is 1. The van der Waals surface area contributed by atoms with Gasteiger partial charge in [-0.1, -0.05) is 18.2 Å². The van der Waals surface area contributed by atoms with Crippen molar-refractivity contribution in [1.29, 1.82) is 0 Å². The molecule has 23 heavy (non-hydrogen) atoms. The second kappa shape index (κ2) is 10.1. The third-order valence-electron chi connectivity index (χ3n) is 3.16. The van der Waals surface area contributed by atoms with Gasteiger partial charge in [0.15, 0.2) is 5.96 Å². The summed E-state index contributed by atoms with van der Waals surface area (Å²) in [7, 11) is 3.66. The van der Waals surface area contributed by atoms with Crippen LogP contribution in [0.3, 0.4) is 0 Å². The van der Waals surface area contributed by atoms with Crippen molar-refractivity contribution in [2.45, 2.75) is 20.0 Å². The van der Waals surface area contributed by atoms with E-state index < -0.39 is 0 Å². The van der Waals surface area contributed by atoms with Crippen LogP contribution in [0.4, 0.5) is 0 Å². The lowest BCUT2D eigenvalue weighted by molar-refractivity contribution is 0.336. The highest BCUT2D eigenvalue weighted by Gasteiger charge is 2.04. The van der Waals surface area contributed by atoms with Crippen molar-refractivity contribution in [3.8, 4) is 5.75 Å². The highest BCUT2D eigenvalue weighted by molar-refractivity contribution is 14.0. The SMILES string of the molecule is CCOc1ccccc1CNC(=NC)NCc1cnn(C)c1.I. The molecule has 0 radical (unpaired) electrons. The van der Waals surface area contributed by atoms with Gasteiger partial charge in [-0.15, -0.1) is 24.0 Å². The molecule has 0 spiro atoms. The summed E-state index contributed by atoms with van der Waals surface area (Å²) in [4.78, 5) is 4.23. The first-order valence-corrected chi connectivity index (χ1v) is 7.35. The van der Waals surface area contributed by atoms with E-state index in [9.17, 15) is 0 Å². The van der Waals surface area contributed by atoms with E-state index in [1.54, 1.807) is 11.7 Å². The highest BCUT2D eigenvalue weighted by atomic mass is 127. The molecule has 126 valence electrons. The van der Waals surface area contributed by atoms with Crippen LogP contribution in [-0.2, 0) is 20.1 Å². The number of halogens is 1. The number of guanidine groups is 1. The number of nitrogens with one attached hydrogen (secondary N) is 2. The first kappa shape index (κ1) is 19.3. The minimum atomic E-state index is 0. The Kier molecular flexibility index (Phi) is 8.46. The summed E-state index contributed by atoms with van der Waals surface area (Å²) in [5.41, 5.74) is 2.22. The number of hydrogen-bond donors (Lipinski definition) is 2. The van der Waals surface area contributed by atoms with Crippen LogP contribution in [0.25, 0.3) is 0 Å². The summed E-state index contributed by atoms with van der Waals surface area (Å²) in [6.45, 7) is 3.98. The molecule has 0 fully saturated rings. The average molecular weight is 429 g/mol. The molecule has 2 aromatic rings. The number of nitrogens with zero attached hydrogens (tertiary/aromatic N) is 3. The normalized spacial score (nSPS) is 10.8. The first-order chi connectivity index (χ1) is 10.7. The predicted molar refractivity (Wildman–Crippen MR) is 103 cm³/mol. The van der Waals surface area contributed by atoms with Gasteiger partial charge < -0.3 is 15.4 Å². The predicted octanol–water partition coefficient (Wildman–Crippen LogP) is 2.30. The van der Waals surface area contributed by atoms with Gasteiger partial charge in [0, 0.05) is 44.5 Å². The second-order valence-corrected chi connectivity index (χ2v) is 4.84. The van der Waals surface area contributed by atoms with Crippen LogP contribution < -0.4 is 15.4 Å². The lowest BCUT2D eigenvalue weighted by Crippen LogP contribution is -2.36. The van der Waals surface area contributed by atoms with E-state index >= 15 is 0 Å². The van der Waals surface area contributed by atoms with Crippen LogP contribution >= 0.6 is 24.0 Å². The van der Waals surface area contributed by atoms with Crippen LogP contribution in [-0.4, -0.2) is 29.4 Å². The van der Waals surface area contributed by atoms with E-state index in [-0.39, 0.29) is 24.0 Å². The summed E-state index contributed by atoms with van der Waals surface area (Å²) < 4.78 is 7.41. The van der Waals surface area contributed by atoms with Gasteiger partial charge in [-0.05, 0) is 13.0 Å². The van der Waals surface area contributed by atoms with Crippen molar-refractivity contribution in [2.75, 3.05) is 13.7 Å². The topological polar surface area (TPSA) is 63.5 Å². The molecule has 6 nitrogen and oxygen atoms in total. The largest absolute Gasteiger partial charge is 0.494 e. The third kappa shape index (κ3) is 6.09. The third-order valence-corrected chi connectivity index (χ3v) is 3.16. The fraction of sp³-hybridized carbons (Fsp3) is 0.375.